The van der Waals surface area contributed by atoms with Gasteiger partial charge in [-0.1, -0.05) is 0 Å². The molecule has 1 aromatic rings. The van der Waals surface area contributed by atoms with Gasteiger partial charge < -0.3 is 15.5 Å². The van der Waals surface area contributed by atoms with Crippen molar-refractivity contribution >= 4 is 22.0 Å². The van der Waals surface area contributed by atoms with Crippen molar-refractivity contribution in [2.75, 3.05) is 39.3 Å². The molecule has 1 spiro atoms. The van der Waals surface area contributed by atoms with Crippen molar-refractivity contribution in [1.82, 2.24) is 14.1 Å². The number of likely N-dealkylation sites (tertiary alicyclic amines) is 2. The number of primary amides is 1. The molecule has 0 aliphatic carbocycles. The molecular weight excluding hydrogens is 468 g/mol. The summed E-state index contributed by atoms with van der Waals surface area (Å²) in [7, 11) is -4.29. The first-order valence-corrected chi connectivity index (χ1v) is 12.0. The van der Waals surface area contributed by atoms with Crippen molar-refractivity contribution in [3.05, 3.63) is 29.6 Å². The molecule has 2 N–H and O–H groups in total. The number of sulfonamides is 1. The highest BCUT2D eigenvalue weighted by Gasteiger charge is 2.49. The summed E-state index contributed by atoms with van der Waals surface area (Å²) in [6.45, 7) is 1.82. The van der Waals surface area contributed by atoms with Crippen LogP contribution in [-0.4, -0.2) is 73.7 Å². The Kier molecular flexibility index (Phi) is 5.84. The number of carbonyl (C=O) groups is 2. The van der Waals surface area contributed by atoms with Crippen LogP contribution in [0.5, 0.6) is 0 Å². The zero-order chi connectivity index (χ0) is 24.2. The summed E-state index contributed by atoms with van der Waals surface area (Å²) < 4.78 is 79.2. The molecule has 0 unspecified atom stereocenters. The summed E-state index contributed by atoms with van der Waals surface area (Å²) in [5.74, 6) is -2.21. The Balaban J connectivity index is 1.35. The van der Waals surface area contributed by atoms with E-state index in [0.29, 0.717) is 57.6 Å². The van der Waals surface area contributed by atoms with Crippen molar-refractivity contribution in [2.45, 2.75) is 30.3 Å². The number of hydrogen-bond acceptors (Lipinski definition) is 4. The molecular formula is C20H24F4N4O4S. The number of halogens is 4. The zero-order valence-corrected chi connectivity index (χ0v) is 18.5. The van der Waals surface area contributed by atoms with Gasteiger partial charge in [0.25, 0.3) is 0 Å². The highest BCUT2D eigenvalue weighted by Crippen LogP contribution is 2.42. The van der Waals surface area contributed by atoms with E-state index in [1.807, 2.05) is 0 Å². The molecule has 3 amide bonds. The number of carbonyl (C=O) groups excluding carboxylic acids is 2. The summed E-state index contributed by atoms with van der Waals surface area (Å²) >= 11 is 0. The van der Waals surface area contributed by atoms with Gasteiger partial charge in [0.05, 0.1) is 11.5 Å². The van der Waals surface area contributed by atoms with Crippen LogP contribution in [0.25, 0.3) is 0 Å². The molecule has 0 radical (unpaired) electrons. The van der Waals surface area contributed by atoms with E-state index in [0.717, 1.165) is 4.31 Å². The van der Waals surface area contributed by atoms with Crippen molar-refractivity contribution < 1.29 is 35.6 Å². The lowest BCUT2D eigenvalue weighted by molar-refractivity contribution is -0.137. The molecule has 3 aliphatic heterocycles. The van der Waals surface area contributed by atoms with Gasteiger partial charge in [0.2, 0.25) is 15.9 Å². The topological polar surface area (TPSA) is 104 Å². The normalized spacial score (nSPS) is 23.6. The second-order valence-corrected chi connectivity index (χ2v) is 10.9. The first-order valence-electron chi connectivity index (χ1n) is 10.5. The Morgan fingerprint density at radius 1 is 1.06 bits per heavy atom. The van der Waals surface area contributed by atoms with Gasteiger partial charge in [0, 0.05) is 44.7 Å². The molecule has 33 heavy (non-hydrogen) atoms. The maximum Gasteiger partial charge on any atom is 0.416 e. The fraction of sp³-hybridized carbons (Fsp3) is 0.600. The number of rotatable bonds is 3. The molecule has 3 saturated heterocycles. The van der Waals surface area contributed by atoms with Gasteiger partial charge in [-0.05, 0) is 37.5 Å². The molecule has 182 valence electrons. The van der Waals surface area contributed by atoms with Crippen LogP contribution < -0.4 is 5.73 Å². The van der Waals surface area contributed by atoms with Crippen LogP contribution in [0.15, 0.2) is 23.1 Å². The minimum absolute atomic E-state index is 0.0816. The molecule has 3 aliphatic rings. The van der Waals surface area contributed by atoms with E-state index in [1.165, 1.54) is 0 Å². The highest BCUT2D eigenvalue weighted by molar-refractivity contribution is 7.89. The average molecular weight is 492 g/mol. The summed E-state index contributed by atoms with van der Waals surface area (Å²) in [5.41, 5.74) is 3.80. The Morgan fingerprint density at radius 2 is 1.70 bits per heavy atom. The van der Waals surface area contributed by atoms with Gasteiger partial charge in [-0.2, -0.15) is 17.5 Å². The third-order valence-electron chi connectivity index (χ3n) is 6.84. The Bertz CT molecular complexity index is 1060. The zero-order valence-electron chi connectivity index (χ0n) is 17.6. The minimum Gasteiger partial charge on any atom is -0.369 e. The molecule has 0 bridgehead atoms. The van der Waals surface area contributed by atoms with E-state index in [4.69, 9.17) is 5.73 Å². The van der Waals surface area contributed by atoms with Crippen LogP contribution in [0.1, 0.15) is 24.8 Å². The molecule has 0 saturated carbocycles. The average Bonchev–Trinajstić information content (AvgIpc) is 3.21. The highest BCUT2D eigenvalue weighted by atomic mass is 32.2. The lowest BCUT2D eigenvalue weighted by atomic mass is 9.72. The van der Waals surface area contributed by atoms with Crippen LogP contribution in [0.2, 0.25) is 0 Å². The predicted octanol–water partition coefficient (Wildman–Crippen LogP) is 1.86. The fourth-order valence-corrected chi connectivity index (χ4v) is 6.29. The van der Waals surface area contributed by atoms with Crippen molar-refractivity contribution in [1.29, 1.82) is 0 Å². The van der Waals surface area contributed by atoms with Crippen molar-refractivity contribution in [2.24, 2.45) is 17.1 Å². The second-order valence-electron chi connectivity index (χ2n) is 9.02. The third kappa shape index (κ3) is 4.39. The van der Waals surface area contributed by atoms with E-state index in [1.54, 1.807) is 9.80 Å². The number of piperidine rings is 1. The van der Waals surface area contributed by atoms with E-state index in [2.05, 4.69) is 0 Å². The molecule has 8 nitrogen and oxygen atoms in total. The Morgan fingerprint density at radius 3 is 2.21 bits per heavy atom. The summed E-state index contributed by atoms with van der Waals surface area (Å²) in [4.78, 5) is 26.4. The Labute approximate surface area is 188 Å². The SMILES string of the molecule is NC(=O)[C@H]1CCN(C(=O)N2CC3(CCN(S(=O)(=O)c4ccc(C(F)(F)F)cc4F)CC3)C2)C1. The van der Waals surface area contributed by atoms with E-state index < -0.39 is 38.4 Å². The minimum atomic E-state index is -4.77. The molecule has 3 heterocycles. The van der Waals surface area contributed by atoms with Gasteiger partial charge in [0.1, 0.15) is 10.7 Å². The van der Waals surface area contributed by atoms with Gasteiger partial charge >= 0.3 is 12.2 Å². The largest absolute Gasteiger partial charge is 0.416 e. The summed E-state index contributed by atoms with van der Waals surface area (Å²) in [6, 6.07) is 1.22. The number of alkyl halides is 3. The lowest BCUT2D eigenvalue weighted by Gasteiger charge is -2.54. The van der Waals surface area contributed by atoms with E-state index >= 15 is 0 Å². The van der Waals surface area contributed by atoms with E-state index in [9.17, 15) is 35.6 Å². The molecule has 4 rings (SSSR count). The second kappa shape index (κ2) is 8.12. The maximum atomic E-state index is 14.2. The van der Waals surface area contributed by atoms with Gasteiger partial charge in [-0.25, -0.2) is 17.6 Å². The standard InChI is InChI=1S/C20H24F4N4O4S/c21-15-9-14(20(22,23)24)1-2-16(15)33(31,32)28-7-4-19(5-8-28)11-27(12-19)18(30)26-6-3-13(10-26)17(25)29/h1-2,9,13H,3-8,10-12H2,(H2,25,29)/t13-/m0/s1. The quantitative estimate of drug-likeness (QED) is 0.651. The molecule has 1 atom stereocenters. The van der Waals surface area contributed by atoms with Crippen LogP contribution in [0, 0.1) is 17.2 Å². The molecule has 13 heteroatoms. The Hall–Kier alpha value is -2.41. The summed E-state index contributed by atoms with van der Waals surface area (Å²) in [5, 5.41) is 0. The number of nitrogens with two attached hydrogens (primary N) is 1. The lowest BCUT2D eigenvalue weighted by Crippen LogP contribution is -2.64. The number of urea groups is 1. The molecule has 1 aromatic carbocycles. The molecule has 3 fully saturated rings. The van der Waals surface area contributed by atoms with Crippen LogP contribution in [0.4, 0.5) is 22.4 Å². The predicted molar refractivity (Wildman–Crippen MR) is 108 cm³/mol. The number of nitrogens with zero attached hydrogens (tertiary/aromatic N) is 3. The molecule has 0 aromatic heterocycles. The van der Waals surface area contributed by atoms with E-state index in [-0.39, 0.29) is 36.5 Å². The van der Waals surface area contributed by atoms with Crippen LogP contribution in [0.3, 0.4) is 0 Å². The number of benzene rings is 1. The first-order chi connectivity index (χ1) is 15.3. The number of amides is 3. The van der Waals surface area contributed by atoms with Crippen molar-refractivity contribution in [3.8, 4) is 0 Å². The summed E-state index contributed by atoms with van der Waals surface area (Å²) in [6.07, 6.45) is -3.35. The van der Waals surface area contributed by atoms with Crippen molar-refractivity contribution in [3.63, 3.8) is 0 Å². The van der Waals surface area contributed by atoms with Gasteiger partial charge in [-0.3, -0.25) is 4.79 Å². The third-order valence-corrected chi connectivity index (χ3v) is 8.78. The maximum absolute atomic E-state index is 14.2. The van der Waals surface area contributed by atoms with Gasteiger partial charge in [0.15, 0.2) is 0 Å². The first kappa shape index (κ1) is 23.7. The monoisotopic (exact) mass is 492 g/mol. The fourth-order valence-electron chi connectivity index (χ4n) is 4.81. The van der Waals surface area contributed by atoms with Crippen LogP contribution >= 0.6 is 0 Å². The number of hydrogen-bond donors (Lipinski definition) is 1. The van der Waals surface area contributed by atoms with Gasteiger partial charge in [-0.15, -0.1) is 0 Å². The smallest absolute Gasteiger partial charge is 0.369 e. The van der Waals surface area contributed by atoms with Crippen LogP contribution in [-0.2, 0) is 21.0 Å².